The monoisotopic (exact) mass is 361 g/mol. The van der Waals surface area contributed by atoms with E-state index < -0.39 is 7.60 Å². The maximum Gasteiger partial charge on any atom is 0.325 e. The van der Waals surface area contributed by atoms with Gasteiger partial charge in [-0.2, -0.15) is 0 Å². The van der Waals surface area contributed by atoms with E-state index in [9.17, 15) is 9.36 Å². The van der Waals surface area contributed by atoms with Crippen LogP contribution in [0.3, 0.4) is 0 Å². The second-order valence-electron chi connectivity index (χ2n) is 6.66. The van der Waals surface area contributed by atoms with Gasteiger partial charge in [0.15, 0.2) is 0 Å². The fraction of sp³-hybridized carbons (Fsp3) is 0.944. The molecule has 0 fully saturated rings. The lowest BCUT2D eigenvalue weighted by molar-refractivity contribution is 0.370. The Morgan fingerprint density at radius 1 is 0.625 bits per heavy atom. The van der Waals surface area contributed by atoms with E-state index in [1.807, 2.05) is 0 Å². The van der Waals surface area contributed by atoms with Gasteiger partial charge in [-0.05, 0) is 12.8 Å². The zero-order valence-electron chi connectivity index (χ0n) is 15.1. The zero-order chi connectivity index (χ0) is 17.9. The van der Waals surface area contributed by atoms with E-state index in [-0.39, 0.29) is 6.16 Å². The summed E-state index contributed by atoms with van der Waals surface area (Å²) in [4.78, 5) is 30.9. The Morgan fingerprint density at radius 2 is 0.958 bits per heavy atom. The highest BCUT2D eigenvalue weighted by Crippen LogP contribution is 2.35. The van der Waals surface area contributed by atoms with E-state index in [1.54, 1.807) is 6.08 Å². The van der Waals surface area contributed by atoms with E-state index in [1.165, 1.54) is 70.6 Å². The topological polar surface area (TPSA) is 87.0 Å². The van der Waals surface area contributed by atoms with Crippen molar-refractivity contribution in [2.45, 2.75) is 96.3 Å². The molecule has 0 unspecified atom stereocenters. The smallest absolute Gasteiger partial charge is 0.324 e. The van der Waals surface area contributed by atoms with Gasteiger partial charge in [0.05, 0.1) is 6.54 Å². The zero-order valence-corrected chi connectivity index (χ0v) is 16.0. The van der Waals surface area contributed by atoms with Crippen molar-refractivity contribution in [3.05, 3.63) is 0 Å². The minimum Gasteiger partial charge on any atom is -0.324 e. The van der Waals surface area contributed by atoms with Crippen LogP contribution in [0.5, 0.6) is 0 Å². The van der Waals surface area contributed by atoms with Crippen LogP contribution in [-0.4, -0.2) is 28.6 Å². The Kier molecular flexibility index (Phi) is 17.0. The summed E-state index contributed by atoms with van der Waals surface area (Å²) in [5.41, 5.74) is 0. The van der Waals surface area contributed by atoms with Gasteiger partial charge in [0.25, 0.3) is 0 Å². The van der Waals surface area contributed by atoms with Gasteiger partial charge in [-0.15, -0.1) is 0 Å². The highest BCUT2D eigenvalue weighted by molar-refractivity contribution is 7.51. The largest absolute Gasteiger partial charge is 0.325 e. The number of nitrogens with zero attached hydrogens (tertiary/aromatic N) is 1. The second-order valence-corrected chi connectivity index (χ2v) is 8.44. The van der Waals surface area contributed by atoms with E-state index in [2.05, 4.69) is 4.99 Å². The molecule has 0 aromatic rings. The number of hydrogen-bond donors (Lipinski definition) is 2. The summed E-state index contributed by atoms with van der Waals surface area (Å²) >= 11 is 0. The molecule has 0 saturated heterocycles. The van der Waals surface area contributed by atoms with Crippen LogP contribution in [0.15, 0.2) is 4.99 Å². The van der Waals surface area contributed by atoms with Gasteiger partial charge in [-0.3, -0.25) is 4.57 Å². The molecule has 0 aliphatic carbocycles. The van der Waals surface area contributed by atoms with Gasteiger partial charge in [0.1, 0.15) is 0 Å². The fourth-order valence-corrected chi connectivity index (χ4v) is 3.49. The Bertz CT molecular complexity index is 364. The highest BCUT2D eigenvalue weighted by Gasteiger charge is 2.10. The highest BCUT2D eigenvalue weighted by atomic mass is 31.2. The summed E-state index contributed by atoms with van der Waals surface area (Å²) in [5.74, 6) is 0. The van der Waals surface area contributed by atoms with Gasteiger partial charge in [-0.25, -0.2) is 9.79 Å². The lowest BCUT2D eigenvalue weighted by Crippen LogP contribution is -1.88. The van der Waals surface area contributed by atoms with Crippen LogP contribution < -0.4 is 0 Å². The summed E-state index contributed by atoms with van der Waals surface area (Å²) in [6, 6.07) is 0. The molecule has 2 N–H and O–H groups in total. The first-order valence-corrected chi connectivity index (χ1v) is 11.4. The molecule has 0 rings (SSSR count). The molecule has 5 nitrogen and oxygen atoms in total. The predicted octanol–water partition coefficient (Wildman–Crippen LogP) is 5.35. The van der Waals surface area contributed by atoms with Gasteiger partial charge in [-0.1, -0.05) is 83.5 Å². The molecule has 0 saturated carbocycles. The summed E-state index contributed by atoms with van der Waals surface area (Å²) < 4.78 is 10.7. The normalized spacial score (nSPS) is 11.4. The molecule has 0 spiro atoms. The number of carbonyl (C=O) groups excluding carboxylic acids is 1. The number of unbranched alkanes of at least 4 members (excludes halogenated alkanes) is 14. The average molecular weight is 361 g/mol. The predicted molar refractivity (Wildman–Crippen MR) is 99.2 cm³/mol. The molecular weight excluding hydrogens is 325 g/mol. The molecule has 0 aromatic heterocycles. The third kappa shape index (κ3) is 21.5. The minimum atomic E-state index is -3.77. The SMILES string of the molecule is O=C=NCCCCCCCCCCCCCCCCCP(=O)(O)O. The van der Waals surface area contributed by atoms with Crippen LogP contribution in [0, 0.1) is 0 Å². The van der Waals surface area contributed by atoms with Crippen molar-refractivity contribution in [3.8, 4) is 0 Å². The first kappa shape index (κ1) is 23.5. The van der Waals surface area contributed by atoms with Gasteiger partial charge < -0.3 is 9.79 Å². The Hall–Kier alpha value is -0.470. The van der Waals surface area contributed by atoms with E-state index >= 15 is 0 Å². The molecule has 0 radical (unpaired) electrons. The van der Waals surface area contributed by atoms with Crippen molar-refractivity contribution in [2.75, 3.05) is 12.7 Å². The fourth-order valence-electron chi connectivity index (χ4n) is 2.85. The van der Waals surface area contributed by atoms with Crippen LogP contribution in [-0.2, 0) is 9.36 Å². The lowest BCUT2D eigenvalue weighted by Gasteiger charge is -2.04. The van der Waals surface area contributed by atoms with E-state index in [4.69, 9.17) is 9.79 Å². The van der Waals surface area contributed by atoms with Crippen LogP contribution in [0.1, 0.15) is 96.3 Å². The van der Waals surface area contributed by atoms with Crippen molar-refractivity contribution in [2.24, 2.45) is 4.99 Å². The summed E-state index contributed by atoms with van der Waals surface area (Å²) in [5, 5.41) is 0. The molecule has 0 aliphatic heterocycles. The first-order chi connectivity index (χ1) is 11.6. The van der Waals surface area contributed by atoms with Crippen LogP contribution >= 0.6 is 7.60 Å². The molecule has 0 amide bonds. The van der Waals surface area contributed by atoms with Crippen LogP contribution in [0.25, 0.3) is 0 Å². The molecule has 0 heterocycles. The number of isocyanates is 1. The maximum absolute atomic E-state index is 10.7. The molecule has 0 atom stereocenters. The van der Waals surface area contributed by atoms with Gasteiger partial charge in [0.2, 0.25) is 6.08 Å². The summed E-state index contributed by atoms with van der Waals surface area (Å²) in [7, 11) is -3.77. The molecule has 0 bridgehead atoms. The molecule has 6 heteroatoms. The third-order valence-corrected chi connectivity index (χ3v) is 5.18. The van der Waals surface area contributed by atoms with Crippen molar-refractivity contribution in [1.29, 1.82) is 0 Å². The quantitative estimate of drug-likeness (QED) is 0.149. The van der Waals surface area contributed by atoms with Crippen molar-refractivity contribution >= 4 is 13.7 Å². The molecule has 24 heavy (non-hydrogen) atoms. The Morgan fingerprint density at radius 3 is 1.29 bits per heavy atom. The standard InChI is InChI=1S/C18H36NO4P/c20-18-19-16-14-12-10-8-6-4-2-1-3-5-7-9-11-13-15-17-24(21,22)23/h1-17H2,(H2,21,22,23). The lowest BCUT2D eigenvalue weighted by atomic mass is 10.0. The van der Waals surface area contributed by atoms with Crippen molar-refractivity contribution in [1.82, 2.24) is 0 Å². The Labute approximate surface area is 147 Å². The van der Waals surface area contributed by atoms with Crippen molar-refractivity contribution < 1.29 is 19.1 Å². The molecule has 0 aliphatic rings. The summed E-state index contributed by atoms with van der Waals surface area (Å²) in [6.07, 6.45) is 19.3. The molecular formula is C18H36NO4P. The van der Waals surface area contributed by atoms with Crippen LogP contribution in [0.2, 0.25) is 0 Å². The molecule has 142 valence electrons. The van der Waals surface area contributed by atoms with E-state index in [0.29, 0.717) is 13.0 Å². The van der Waals surface area contributed by atoms with Gasteiger partial charge in [0, 0.05) is 6.16 Å². The van der Waals surface area contributed by atoms with E-state index in [0.717, 1.165) is 19.3 Å². The number of rotatable bonds is 18. The summed E-state index contributed by atoms with van der Waals surface area (Å²) in [6.45, 7) is 0.632. The minimum absolute atomic E-state index is 0.0414. The number of hydrogen-bond acceptors (Lipinski definition) is 3. The van der Waals surface area contributed by atoms with Crippen LogP contribution in [0.4, 0.5) is 0 Å². The van der Waals surface area contributed by atoms with Crippen molar-refractivity contribution in [3.63, 3.8) is 0 Å². The Balaban J connectivity index is 3.05. The third-order valence-electron chi connectivity index (χ3n) is 4.28. The van der Waals surface area contributed by atoms with Gasteiger partial charge >= 0.3 is 7.60 Å². The first-order valence-electron chi connectivity index (χ1n) is 9.64. The average Bonchev–Trinajstić information content (AvgIpc) is 2.52. The second kappa shape index (κ2) is 17.4. The molecule has 0 aromatic carbocycles. The maximum atomic E-state index is 10.7. The number of aliphatic imine (C=N–C) groups is 1.